The molecule has 0 spiro atoms. The van der Waals surface area contributed by atoms with Crippen molar-refractivity contribution in [3.05, 3.63) is 29.8 Å². The van der Waals surface area contributed by atoms with E-state index < -0.39 is 58.7 Å². The number of hydrogen-bond acceptors (Lipinski definition) is 16. The third-order valence-electron chi connectivity index (χ3n) is 11.5. The summed E-state index contributed by atoms with van der Waals surface area (Å²) in [6, 6.07) is 6.83. The van der Waals surface area contributed by atoms with Gasteiger partial charge in [-0.15, -0.1) is 0 Å². The van der Waals surface area contributed by atoms with E-state index in [9.17, 15) is 63.9 Å². The fourth-order valence-electron chi connectivity index (χ4n) is 7.66. The number of nitrogens with one attached hydrogen (secondary N) is 6. The summed E-state index contributed by atoms with van der Waals surface area (Å²) < 4.78 is 0. The number of aliphatic hydroxyl groups excluding tert-OH is 1. The third kappa shape index (κ3) is 26.4. The van der Waals surface area contributed by atoms with Gasteiger partial charge in [0.15, 0.2) is 5.11 Å². The molecule has 2 rings (SSSR count). The van der Waals surface area contributed by atoms with E-state index in [1.54, 1.807) is 68.9 Å². The smallest absolute Gasteiger partial charge is 0.317 e. The number of thiocarbonyl (C=S) groups is 1. The molecule has 0 saturated carbocycles. The molecular formula is C45H74N10O13S3. The van der Waals surface area contributed by atoms with Crippen molar-refractivity contribution in [2.45, 2.75) is 66.0 Å². The average Bonchev–Trinajstić information content (AvgIpc) is 3.28. The summed E-state index contributed by atoms with van der Waals surface area (Å²) in [4.78, 5) is 104. The van der Waals surface area contributed by atoms with Crippen molar-refractivity contribution in [1.82, 2.24) is 46.2 Å². The second-order valence-electron chi connectivity index (χ2n) is 18.3. The predicted molar refractivity (Wildman–Crippen MR) is 275 cm³/mol. The van der Waals surface area contributed by atoms with Gasteiger partial charge in [-0.3, -0.25) is 58.0 Å². The Morgan fingerprint density at radius 1 is 0.676 bits per heavy atom. The minimum absolute atomic E-state index is 0.0980. The molecule has 0 radical (unpaired) electrons. The average molecular weight is 1060 g/mol. The van der Waals surface area contributed by atoms with Crippen LogP contribution in [0.3, 0.4) is 0 Å². The molecule has 0 bridgehead atoms. The van der Waals surface area contributed by atoms with E-state index in [2.05, 4.69) is 31.9 Å². The molecule has 71 heavy (non-hydrogen) atoms. The van der Waals surface area contributed by atoms with Crippen LogP contribution in [0.2, 0.25) is 0 Å². The molecule has 400 valence electrons. The number of carboxylic acid groups (broad SMARTS) is 4. The number of carbonyl (C=O) groups excluding carboxylic acids is 4. The largest absolute Gasteiger partial charge is 0.480 e. The van der Waals surface area contributed by atoms with Crippen molar-refractivity contribution in [1.29, 1.82) is 0 Å². The van der Waals surface area contributed by atoms with Crippen molar-refractivity contribution in [2.24, 2.45) is 10.8 Å². The maximum Gasteiger partial charge on any atom is 0.317 e. The summed E-state index contributed by atoms with van der Waals surface area (Å²) in [6.07, 6.45) is 0.295. The molecule has 1 fully saturated rings. The van der Waals surface area contributed by atoms with Gasteiger partial charge in [0.25, 0.3) is 0 Å². The zero-order valence-corrected chi connectivity index (χ0v) is 43.8. The molecule has 0 aliphatic carbocycles. The van der Waals surface area contributed by atoms with E-state index in [1.807, 2.05) is 31.2 Å². The Labute approximate surface area is 428 Å². The maximum absolute atomic E-state index is 13.0. The van der Waals surface area contributed by atoms with Crippen LogP contribution in [0, 0.1) is 10.8 Å². The molecule has 1 aliphatic heterocycles. The summed E-state index contributed by atoms with van der Waals surface area (Å²) in [5, 5.41) is 65.3. The standard InChI is InChI=1S/C45H74N10O13S3/c1-6-45(5,42(68)49-22-31(2)56)30-44(3,4)41(67)50-24-36(58)48-23-35(57)46-11-19-70-71-20-12-47-43(69)51-33-9-7-32(8-10-33)21-34-25-54(28-39(63)64)16-15-52(26-37(59)60)13-14-53(27-38(61)62)17-18-55(34)29-40(65)66/h7-10,31,34,56H,6,11-30H2,1-5H3,(H,46,57)(H,48,58)(H,49,68)(H,50,67)(H,59,60)(H,61,62)(H,63,64)(H,65,66)(H2,47,51,69). The molecule has 1 aromatic carbocycles. The number of carbonyl (C=O) groups is 8. The van der Waals surface area contributed by atoms with Crippen molar-refractivity contribution >= 4 is 92.1 Å². The highest BCUT2D eigenvalue weighted by molar-refractivity contribution is 8.76. The lowest BCUT2D eigenvalue weighted by atomic mass is 9.71. The van der Waals surface area contributed by atoms with E-state index in [-0.39, 0.29) is 110 Å². The molecule has 1 saturated heterocycles. The van der Waals surface area contributed by atoms with Crippen molar-refractivity contribution in [2.75, 3.05) is 122 Å². The topological polar surface area (TPSA) is 323 Å². The molecule has 0 aromatic heterocycles. The van der Waals surface area contributed by atoms with E-state index in [0.29, 0.717) is 48.2 Å². The second-order valence-corrected chi connectivity index (χ2v) is 21.4. The van der Waals surface area contributed by atoms with Gasteiger partial charge in [0.2, 0.25) is 23.6 Å². The van der Waals surface area contributed by atoms with Gasteiger partial charge in [0.05, 0.1) is 45.4 Å². The number of amides is 4. The van der Waals surface area contributed by atoms with Gasteiger partial charge in [-0.1, -0.05) is 61.4 Å². The number of benzene rings is 1. The Morgan fingerprint density at radius 3 is 1.70 bits per heavy atom. The Morgan fingerprint density at radius 2 is 1.17 bits per heavy atom. The van der Waals surface area contributed by atoms with E-state index in [4.69, 9.17) is 12.2 Å². The van der Waals surface area contributed by atoms with Crippen LogP contribution in [0.25, 0.3) is 0 Å². The van der Waals surface area contributed by atoms with Gasteiger partial charge in [0, 0.05) is 99.5 Å². The minimum Gasteiger partial charge on any atom is -0.480 e. The van der Waals surface area contributed by atoms with Gasteiger partial charge >= 0.3 is 23.9 Å². The lowest BCUT2D eigenvalue weighted by molar-refractivity contribution is -0.142. The SMILES string of the molecule is CCC(C)(CC(C)(C)C(=O)NCC(=O)NCC(=O)NCCSSCCNC(=S)Nc1ccc(CC2CN(CC(=O)O)CCN(CC(=O)O)CCN(CC(=O)O)CCN2CC(=O)O)cc1)C(=O)NCC(C)O. The van der Waals surface area contributed by atoms with Crippen LogP contribution < -0.4 is 31.9 Å². The van der Waals surface area contributed by atoms with Crippen LogP contribution in [-0.4, -0.2) is 226 Å². The molecule has 26 heteroatoms. The van der Waals surface area contributed by atoms with Crippen molar-refractivity contribution < 1.29 is 63.9 Å². The molecule has 3 atom stereocenters. The Bertz CT molecular complexity index is 1930. The van der Waals surface area contributed by atoms with Gasteiger partial charge in [-0.05, 0) is 56.1 Å². The monoisotopic (exact) mass is 1060 g/mol. The number of rotatable bonds is 29. The van der Waals surface area contributed by atoms with Crippen LogP contribution in [0.4, 0.5) is 5.69 Å². The quantitative estimate of drug-likeness (QED) is 0.0274. The van der Waals surface area contributed by atoms with Crippen molar-refractivity contribution in [3.63, 3.8) is 0 Å². The fourth-order valence-corrected chi connectivity index (χ4v) is 9.70. The lowest BCUT2D eigenvalue weighted by Gasteiger charge is -2.37. The van der Waals surface area contributed by atoms with E-state index >= 15 is 0 Å². The molecular weight excluding hydrogens is 985 g/mol. The molecule has 11 N–H and O–H groups in total. The number of carboxylic acids is 4. The Hall–Kier alpha value is -4.83. The Balaban J connectivity index is 1.81. The summed E-state index contributed by atoms with van der Waals surface area (Å²) in [6.45, 7) is 8.93. The minimum atomic E-state index is -1.10. The molecule has 1 aliphatic rings. The van der Waals surface area contributed by atoms with Crippen molar-refractivity contribution in [3.8, 4) is 0 Å². The predicted octanol–water partition coefficient (Wildman–Crippen LogP) is -0.496. The highest BCUT2D eigenvalue weighted by Gasteiger charge is 2.41. The summed E-state index contributed by atoms with van der Waals surface area (Å²) >= 11 is 5.48. The van der Waals surface area contributed by atoms with Gasteiger partial charge in [0.1, 0.15) is 0 Å². The molecule has 3 unspecified atom stereocenters. The first-order chi connectivity index (χ1) is 33.4. The number of anilines is 1. The Kier molecular flexibility index (Phi) is 28.3. The normalized spacial score (nSPS) is 17.0. The molecule has 1 heterocycles. The third-order valence-corrected chi connectivity index (χ3v) is 14.2. The van der Waals surface area contributed by atoms with Crippen LogP contribution in [0.1, 0.15) is 53.0 Å². The summed E-state index contributed by atoms with van der Waals surface area (Å²) in [5.41, 5.74) is -0.342. The number of hydrogen-bond donors (Lipinski definition) is 11. The summed E-state index contributed by atoms with van der Waals surface area (Å²) in [7, 11) is 3.11. The zero-order valence-electron chi connectivity index (χ0n) is 41.3. The summed E-state index contributed by atoms with van der Waals surface area (Å²) in [5.74, 6) is -4.66. The first-order valence-corrected chi connectivity index (χ1v) is 26.3. The molecule has 4 amide bonds. The highest BCUT2D eigenvalue weighted by Crippen LogP contribution is 2.37. The second kappa shape index (κ2) is 32.3. The number of aliphatic hydroxyl groups is 1. The fraction of sp³-hybridized carbons (Fsp3) is 0.667. The number of aliphatic carboxylic acids is 4. The van der Waals surface area contributed by atoms with Gasteiger partial charge < -0.3 is 57.4 Å². The lowest BCUT2D eigenvalue weighted by Crippen LogP contribution is -2.53. The van der Waals surface area contributed by atoms with Gasteiger partial charge in [-0.25, -0.2) is 0 Å². The van der Waals surface area contributed by atoms with Gasteiger partial charge in [-0.2, -0.15) is 0 Å². The maximum atomic E-state index is 13.0. The first kappa shape index (κ1) is 62.3. The van der Waals surface area contributed by atoms with E-state index in [1.165, 1.54) is 0 Å². The van der Waals surface area contributed by atoms with Crippen LogP contribution in [0.15, 0.2) is 24.3 Å². The van der Waals surface area contributed by atoms with Crippen LogP contribution in [0.5, 0.6) is 0 Å². The van der Waals surface area contributed by atoms with Crippen LogP contribution in [-0.2, 0) is 44.8 Å². The highest BCUT2D eigenvalue weighted by atomic mass is 33.1. The number of nitrogens with zero attached hydrogens (tertiary/aromatic N) is 4. The van der Waals surface area contributed by atoms with E-state index in [0.717, 1.165) is 5.56 Å². The zero-order chi connectivity index (χ0) is 53.1. The molecule has 1 aromatic rings. The molecule has 23 nitrogen and oxygen atoms in total. The first-order valence-electron chi connectivity index (χ1n) is 23.4. The van der Waals surface area contributed by atoms with Crippen LogP contribution >= 0.6 is 33.8 Å².